The van der Waals surface area contributed by atoms with Crippen LogP contribution in [0.4, 0.5) is 24.5 Å². The molecule has 0 bridgehead atoms. The highest BCUT2D eigenvalue weighted by molar-refractivity contribution is 14.1. The third kappa shape index (κ3) is 7.87. The van der Waals surface area contributed by atoms with Crippen LogP contribution in [0.1, 0.15) is 28.8 Å². The van der Waals surface area contributed by atoms with E-state index in [1.807, 2.05) is 28.1 Å². The third-order valence-electron chi connectivity index (χ3n) is 3.92. The molecule has 0 aliphatic carbocycles. The van der Waals surface area contributed by atoms with Crippen LogP contribution in [-0.4, -0.2) is 48.1 Å². The van der Waals surface area contributed by atoms with E-state index in [2.05, 4.69) is 10.5 Å². The fourth-order valence-electron chi connectivity index (χ4n) is 2.42. The van der Waals surface area contributed by atoms with Gasteiger partial charge in [-0.1, -0.05) is 5.16 Å². The van der Waals surface area contributed by atoms with Crippen LogP contribution in [-0.2, 0) is 14.5 Å². The van der Waals surface area contributed by atoms with E-state index in [0.29, 0.717) is 3.57 Å². The quantitative estimate of drug-likeness (QED) is 0.131. The molecule has 33 heavy (non-hydrogen) atoms. The standard InChI is InChI=1S/C20H19F3IN3O6/c21-14-9-12(24)3-4-15(14)26-19-13(20(31)27-33-7-5-28)8-11(17(22)18(19)23)10-25-32-6-1-2-16(29)30/h3-4,8-10,26,28H,1-2,5-7H2,(H,27,31)(H,29,30)/b25-10+. The Morgan fingerprint density at radius 2 is 1.91 bits per heavy atom. The summed E-state index contributed by atoms with van der Waals surface area (Å²) in [7, 11) is 0. The molecule has 2 aromatic rings. The molecular weight excluding hydrogens is 562 g/mol. The number of aliphatic carboxylic acids is 1. The van der Waals surface area contributed by atoms with Crippen molar-refractivity contribution in [3.05, 3.63) is 56.4 Å². The van der Waals surface area contributed by atoms with Gasteiger partial charge in [-0.25, -0.2) is 18.7 Å². The topological polar surface area (TPSA) is 129 Å². The minimum absolute atomic E-state index is 0.0824. The number of carboxylic acid groups (broad SMARTS) is 1. The smallest absolute Gasteiger partial charge is 0.303 e. The molecule has 2 rings (SSSR count). The zero-order valence-corrected chi connectivity index (χ0v) is 19.1. The second-order valence-electron chi connectivity index (χ2n) is 6.33. The van der Waals surface area contributed by atoms with Crippen LogP contribution in [0.3, 0.4) is 0 Å². The van der Waals surface area contributed by atoms with Gasteiger partial charge < -0.3 is 20.4 Å². The van der Waals surface area contributed by atoms with Gasteiger partial charge in [0.1, 0.15) is 12.4 Å². The first-order valence-corrected chi connectivity index (χ1v) is 10.5. The van der Waals surface area contributed by atoms with Gasteiger partial charge in [0.15, 0.2) is 11.6 Å². The van der Waals surface area contributed by atoms with Gasteiger partial charge in [-0.15, -0.1) is 0 Å². The maximum Gasteiger partial charge on any atom is 0.303 e. The summed E-state index contributed by atoms with van der Waals surface area (Å²) < 4.78 is 44.3. The number of oxime groups is 1. The number of hydroxylamine groups is 1. The lowest BCUT2D eigenvalue weighted by Crippen LogP contribution is -2.26. The molecule has 1 amide bonds. The molecule has 13 heteroatoms. The van der Waals surface area contributed by atoms with Gasteiger partial charge in [0.2, 0.25) is 0 Å². The molecule has 0 aliphatic heterocycles. The summed E-state index contributed by atoms with van der Waals surface area (Å²) in [4.78, 5) is 32.5. The summed E-state index contributed by atoms with van der Waals surface area (Å²) in [5.41, 5.74) is 0.189. The Morgan fingerprint density at radius 3 is 2.58 bits per heavy atom. The number of carboxylic acids is 1. The SMILES string of the molecule is O=C(O)CCCO/N=C/c1cc(C(=O)NOCCO)c(Nc2ccc(I)cc2F)c(F)c1F. The van der Waals surface area contributed by atoms with E-state index >= 15 is 0 Å². The first-order chi connectivity index (χ1) is 15.7. The molecular formula is C20H19F3IN3O6. The van der Waals surface area contributed by atoms with Gasteiger partial charge in [-0.3, -0.25) is 14.4 Å². The molecule has 178 valence electrons. The van der Waals surface area contributed by atoms with Gasteiger partial charge >= 0.3 is 5.97 Å². The summed E-state index contributed by atoms with van der Waals surface area (Å²) in [5.74, 6) is -5.68. The Morgan fingerprint density at radius 1 is 1.15 bits per heavy atom. The van der Waals surface area contributed by atoms with Crippen molar-refractivity contribution < 1.29 is 42.6 Å². The molecule has 4 N–H and O–H groups in total. The van der Waals surface area contributed by atoms with E-state index in [0.717, 1.165) is 18.3 Å². The van der Waals surface area contributed by atoms with E-state index < -0.39 is 52.7 Å². The summed E-state index contributed by atoms with van der Waals surface area (Å²) in [6.07, 6.45) is 0.787. The Labute approximate surface area is 199 Å². The van der Waals surface area contributed by atoms with E-state index in [1.165, 1.54) is 12.1 Å². The molecule has 2 aromatic carbocycles. The van der Waals surface area contributed by atoms with Gasteiger partial charge in [0.05, 0.1) is 36.4 Å². The number of hydrogen-bond donors (Lipinski definition) is 4. The average Bonchev–Trinajstić information content (AvgIpc) is 2.76. The van der Waals surface area contributed by atoms with Crippen molar-refractivity contribution in [2.75, 3.05) is 25.1 Å². The maximum atomic E-state index is 14.9. The number of rotatable bonds is 12. The van der Waals surface area contributed by atoms with Crippen LogP contribution in [0.25, 0.3) is 0 Å². The van der Waals surface area contributed by atoms with Crippen LogP contribution in [0, 0.1) is 21.0 Å². The number of nitrogens with one attached hydrogen (secondary N) is 2. The van der Waals surface area contributed by atoms with E-state index in [9.17, 15) is 22.8 Å². The highest BCUT2D eigenvalue weighted by Crippen LogP contribution is 2.30. The third-order valence-corrected chi connectivity index (χ3v) is 4.59. The molecule has 0 heterocycles. The second-order valence-corrected chi connectivity index (χ2v) is 7.58. The first kappa shape index (κ1) is 26.3. The number of halogens is 4. The summed E-state index contributed by atoms with van der Waals surface area (Å²) in [6, 6.07) is 4.91. The van der Waals surface area contributed by atoms with Crippen LogP contribution >= 0.6 is 22.6 Å². The van der Waals surface area contributed by atoms with Crippen molar-refractivity contribution in [2.45, 2.75) is 12.8 Å². The van der Waals surface area contributed by atoms with Crippen molar-refractivity contribution >= 4 is 52.1 Å². The van der Waals surface area contributed by atoms with Gasteiger partial charge in [-0.05, 0) is 53.3 Å². The number of carbonyl (C=O) groups is 2. The summed E-state index contributed by atoms with van der Waals surface area (Å²) in [6.45, 7) is -0.752. The van der Waals surface area contributed by atoms with Crippen LogP contribution in [0.5, 0.6) is 0 Å². The largest absolute Gasteiger partial charge is 0.481 e. The second kappa shape index (κ2) is 13.0. The molecule has 0 saturated carbocycles. The molecule has 0 unspecified atom stereocenters. The van der Waals surface area contributed by atoms with Crippen molar-refractivity contribution in [1.29, 1.82) is 0 Å². The maximum absolute atomic E-state index is 14.9. The van der Waals surface area contributed by atoms with Crippen LogP contribution < -0.4 is 10.8 Å². The number of nitrogens with zero attached hydrogens (tertiary/aromatic N) is 1. The Kier molecular flexibility index (Phi) is 10.3. The Hall–Kier alpha value is -2.91. The molecule has 0 aromatic heterocycles. The fraction of sp³-hybridized carbons (Fsp3) is 0.250. The molecule has 0 aliphatic rings. The van der Waals surface area contributed by atoms with Crippen molar-refractivity contribution in [1.82, 2.24) is 5.48 Å². The summed E-state index contributed by atoms with van der Waals surface area (Å²) in [5, 5.41) is 23.2. The minimum atomic E-state index is -1.49. The number of aliphatic hydroxyl groups excluding tert-OH is 1. The van der Waals surface area contributed by atoms with Gasteiger partial charge in [0.25, 0.3) is 5.91 Å². The highest BCUT2D eigenvalue weighted by atomic mass is 127. The van der Waals surface area contributed by atoms with E-state index in [1.54, 1.807) is 0 Å². The number of carbonyl (C=O) groups excluding carboxylic acids is 1. The van der Waals surface area contributed by atoms with E-state index in [-0.39, 0.29) is 31.7 Å². The zero-order chi connectivity index (χ0) is 24.4. The summed E-state index contributed by atoms with van der Waals surface area (Å²) >= 11 is 1.87. The number of benzene rings is 2. The van der Waals surface area contributed by atoms with Crippen molar-refractivity contribution in [3.63, 3.8) is 0 Å². The molecule has 0 saturated heterocycles. The average molecular weight is 581 g/mol. The fourth-order valence-corrected chi connectivity index (χ4v) is 2.87. The minimum Gasteiger partial charge on any atom is -0.481 e. The van der Waals surface area contributed by atoms with E-state index in [4.69, 9.17) is 19.9 Å². The van der Waals surface area contributed by atoms with Crippen molar-refractivity contribution in [3.8, 4) is 0 Å². The Bertz CT molecular complexity index is 1040. The van der Waals surface area contributed by atoms with Gasteiger partial charge in [0, 0.05) is 15.6 Å². The molecule has 0 spiro atoms. The van der Waals surface area contributed by atoms with Gasteiger partial charge in [-0.2, -0.15) is 0 Å². The first-order valence-electron chi connectivity index (χ1n) is 9.38. The van der Waals surface area contributed by atoms with Crippen LogP contribution in [0.2, 0.25) is 0 Å². The molecule has 9 nitrogen and oxygen atoms in total. The lowest BCUT2D eigenvalue weighted by Gasteiger charge is -2.15. The van der Waals surface area contributed by atoms with Crippen LogP contribution in [0.15, 0.2) is 29.4 Å². The highest BCUT2D eigenvalue weighted by Gasteiger charge is 2.23. The number of amides is 1. The predicted molar refractivity (Wildman–Crippen MR) is 120 cm³/mol. The lowest BCUT2D eigenvalue weighted by molar-refractivity contribution is -0.137. The molecule has 0 radical (unpaired) electrons. The molecule has 0 atom stereocenters. The predicted octanol–water partition coefficient (Wildman–Crippen LogP) is 3.32. The lowest BCUT2D eigenvalue weighted by atomic mass is 10.1. The molecule has 0 fully saturated rings. The monoisotopic (exact) mass is 581 g/mol. The Balaban J connectivity index is 2.35. The van der Waals surface area contributed by atoms with Crippen molar-refractivity contribution in [2.24, 2.45) is 5.16 Å². The number of hydrogen-bond acceptors (Lipinski definition) is 7. The normalized spacial score (nSPS) is 10.9. The number of anilines is 2. The number of aliphatic hydroxyl groups is 1. The zero-order valence-electron chi connectivity index (χ0n) is 16.9.